The highest BCUT2D eigenvalue weighted by Gasteiger charge is 2.06. The molecule has 1 N–H and O–H groups in total. The Morgan fingerprint density at radius 1 is 1.30 bits per heavy atom. The van der Waals surface area contributed by atoms with Crippen LogP contribution in [0.4, 0.5) is 0 Å². The van der Waals surface area contributed by atoms with Gasteiger partial charge in [0, 0.05) is 18.9 Å². The fourth-order valence-electron chi connectivity index (χ4n) is 1.90. The molecule has 0 amide bonds. The summed E-state index contributed by atoms with van der Waals surface area (Å²) in [6.07, 6.45) is 3.68. The molecule has 1 aromatic heterocycles. The quantitative estimate of drug-likeness (QED) is 0.801. The Morgan fingerprint density at radius 2 is 2.20 bits per heavy atom. The Hall–Kier alpha value is -2.01. The van der Waals surface area contributed by atoms with Gasteiger partial charge < -0.3 is 14.8 Å². The van der Waals surface area contributed by atoms with Gasteiger partial charge >= 0.3 is 0 Å². The zero-order valence-corrected chi connectivity index (χ0v) is 12.0. The zero-order chi connectivity index (χ0) is 14.2. The van der Waals surface area contributed by atoms with Crippen LogP contribution in [-0.2, 0) is 13.1 Å². The molecular weight excluding hydrogens is 254 g/mol. The Bertz CT molecular complexity index is 512. The van der Waals surface area contributed by atoms with E-state index in [2.05, 4.69) is 17.3 Å². The van der Waals surface area contributed by atoms with E-state index in [9.17, 15) is 0 Å². The molecule has 108 valence electrons. The van der Waals surface area contributed by atoms with E-state index in [1.54, 1.807) is 13.3 Å². The first-order valence-electron chi connectivity index (χ1n) is 6.81. The lowest BCUT2D eigenvalue weighted by atomic mass is 10.2. The summed E-state index contributed by atoms with van der Waals surface area (Å²) in [5.41, 5.74) is 1.18. The van der Waals surface area contributed by atoms with E-state index in [1.807, 2.05) is 35.1 Å². The lowest BCUT2D eigenvalue weighted by molar-refractivity contribution is 0.274. The second kappa shape index (κ2) is 7.55. The third-order valence-corrected chi connectivity index (χ3v) is 2.94. The van der Waals surface area contributed by atoms with Crippen molar-refractivity contribution in [3.8, 4) is 11.5 Å². The van der Waals surface area contributed by atoms with Gasteiger partial charge in [0.2, 0.25) is 0 Å². The van der Waals surface area contributed by atoms with E-state index in [0.717, 1.165) is 24.6 Å². The molecule has 1 aromatic carbocycles. The first-order valence-corrected chi connectivity index (χ1v) is 6.81. The van der Waals surface area contributed by atoms with E-state index in [1.165, 1.54) is 5.56 Å². The van der Waals surface area contributed by atoms with Crippen molar-refractivity contribution in [1.29, 1.82) is 0 Å². The Kier molecular flexibility index (Phi) is 5.43. The van der Waals surface area contributed by atoms with Gasteiger partial charge in [0.05, 0.1) is 13.7 Å². The molecule has 0 saturated heterocycles. The van der Waals surface area contributed by atoms with E-state index in [-0.39, 0.29) is 0 Å². The summed E-state index contributed by atoms with van der Waals surface area (Å²) in [5.74, 6) is 1.53. The molecule has 2 aromatic rings. The smallest absolute Gasteiger partial charge is 0.161 e. The summed E-state index contributed by atoms with van der Waals surface area (Å²) in [5, 5.41) is 7.44. The minimum absolute atomic E-state index is 0.558. The number of hydrogen-bond donors (Lipinski definition) is 1. The highest BCUT2D eigenvalue weighted by Crippen LogP contribution is 2.28. The van der Waals surface area contributed by atoms with Gasteiger partial charge in [-0.25, -0.2) is 0 Å². The van der Waals surface area contributed by atoms with E-state index >= 15 is 0 Å². The minimum Gasteiger partial charge on any atom is -0.493 e. The summed E-state index contributed by atoms with van der Waals surface area (Å²) in [6.45, 7) is 5.14. The topological polar surface area (TPSA) is 48.3 Å². The summed E-state index contributed by atoms with van der Waals surface area (Å²) in [6, 6.07) is 7.90. The molecule has 0 radical (unpaired) electrons. The normalized spacial score (nSPS) is 10.5. The van der Waals surface area contributed by atoms with Crippen molar-refractivity contribution in [2.24, 2.45) is 0 Å². The molecule has 0 aliphatic rings. The number of nitrogens with zero attached hydrogens (tertiary/aromatic N) is 2. The molecule has 0 aliphatic carbocycles. The molecule has 0 fully saturated rings. The molecule has 0 spiro atoms. The zero-order valence-electron chi connectivity index (χ0n) is 12.0. The number of nitrogens with one attached hydrogen (secondary N) is 1. The van der Waals surface area contributed by atoms with Crippen LogP contribution >= 0.6 is 0 Å². The van der Waals surface area contributed by atoms with Crippen LogP contribution in [0.3, 0.4) is 0 Å². The summed E-state index contributed by atoms with van der Waals surface area (Å²) in [7, 11) is 1.65. The van der Waals surface area contributed by atoms with Gasteiger partial charge in [-0.05, 0) is 30.3 Å². The number of hydrogen-bond acceptors (Lipinski definition) is 4. The van der Waals surface area contributed by atoms with Crippen LogP contribution in [0.15, 0.2) is 36.7 Å². The molecule has 20 heavy (non-hydrogen) atoms. The number of methoxy groups -OCH3 is 1. The van der Waals surface area contributed by atoms with Gasteiger partial charge in [-0.2, -0.15) is 5.10 Å². The highest BCUT2D eigenvalue weighted by molar-refractivity contribution is 5.42. The maximum atomic E-state index is 5.81. The Morgan fingerprint density at radius 3 is 2.90 bits per heavy atom. The van der Waals surface area contributed by atoms with Crippen LogP contribution in [0.2, 0.25) is 0 Å². The maximum Gasteiger partial charge on any atom is 0.161 e. The van der Waals surface area contributed by atoms with Gasteiger partial charge in [0.1, 0.15) is 6.61 Å². The Labute approximate surface area is 119 Å². The number of aromatic nitrogens is 2. The molecule has 1 heterocycles. The van der Waals surface area contributed by atoms with Crippen molar-refractivity contribution >= 4 is 0 Å². The van der Waals surface area contributed by atoms with Crippen molar-refractivity contribution < 1.29 is 9.47 Å². The fourth-order valence-corrected chi connectivity index (χ4v) is 1.90. The lowest BCUT2D eigenvalue weighted by Gasteiger charge is -2.12. The predicted molar refractivity (Wildman–Crippen MR) is 78.1 cm³/mol. The van der Waals surface area contributed by atoms with Crippen molar-refractivity contribution in [3.05, 3.63) is 42.2 Å². The van der Waals surface area contributed by atoms with Crippen LogP contribution < -0.4 is 14.8 Å². The van der Waals surface area contributed by atoms with E-state index in [0.29, 0.717) is 13.2 Å². The molecular formula is C15H21N3O2. The molecule has 0 aliphatic heterocycles. The third kappa shape index (κ3) is 3.99. The third-order valence-electron chi connectivity index (χ3n) is 2.94. The van der Waals surface area contributed by atoms with Crippen LogP contribution in [0, 0.1) is 0 Å². The van der Waals surface area contributed by atoms with E-state index in [4.69, 9.17) is 9.47 Å². The summed E-state index contributed by atoms with van der Waals surface area (Å²) in [4.78, 5) is 0. The van der Waals surface area contributed by atoms with Crippen LogP contribution in [0.25, 0.3) is 0 Å². The average Bonchev–Trinajstić information content (AvgIpc) is 2.98. The molecule has 0 saturated carbocycles. The van der Waals surface area contributed by atoms with Crippen molar-refractivity contribution in [3.63, 3.8) is 0 Å². The molecule has 5 heteroatoms. The molecule has 0 bridgehead atoms. The van der Waals surface area contributed by atoms with Crippen molar-refractivity contribution in [2.45, 2.75) is 20.0 Å². The SMILES string of the molecule is CCNCc1ccc(OC)c(OCCn2cccn2)c1. The van der Waals surface area contributed by atoms with Gasteiger partial charge in [-0.1, -0.05) is 13.0 Å². The van der Waals surface area contributed by atoms with Crippen LogP contribution in [-0.4, -0.2) is 30.0 Å². The average molecular weight is 275 g/mol. The number of rotatable bonds is 8. The molecule has 0 atom stereocenters. The van der Waals surface area contributed by atoms with Gasteiger partial charge in [0.15, 0.2) is 11.5 Å². The lowest BCUT2D eigenvalue weighted by Crippen LogP contribution is -2.12. The number of benzene rings is 1. The van der Waals surface area contributed by atoms with Gasteiger partial charge in [-0.3, -0.25) is 4.68 Å². The fraction of sp³-hybridized carbons (Fsp3) is 0.400. The predicted octanol–water partition coefficient (Wildman–Crippen LogP) is 2.08. The second-order valence-corrected chi connectivity index (χ2v) is 4.38. The minimum atomic E-state index is 0.558. The van der Waals surface area contributed by atoms with Gasteiger partial charge in [-0.15, -0.1) is 0 Å². The summed E-state index contributed by atoms with van der Waals surface area (Å²) < 4.78 is 13.0. The van der Waals surface area contributed by atoms with Crippen molar-refractivity contribution in [1.82, 2.24) is 15.1 Å². The highest BCUT2D eigenvalue weighted by atomic mass is 16.5. The maximum absolute atomic E-state index is 5.81. The monoisotopic (exact) mass is 275 g/mol. The van der Waals surface area contributed by atoms with Crippen LogP contribution in [0.1, 0.15) is 12.5 Å². The molecule has 0 unspecified atom stereocenters. The second-order valence-electron chi connectivity index (χ2n) is 4.38. The Balaban J connectivity index is 1.96. The largest absolute Gasteiger partial charge is 0.493 e. The molecule has 2 rings (SSSR count). The first-order chi connectivity index (χ1) is 9.83. The summed E-state index contributed by atoms with van der Waals surface area (Å²) >= 11 is 0. The molecule has 5 nitrogen and oxygen atoms in total. The number of ether oxygens (including phenoxy) is 2. The van der Waals surface area contributed by atoms with E-state index < -0.39 is 0 Å². The standard InChI is InChI=1S/C15H21N3O2/c1-3-16-12-13-5-6-14(19-2)15(11-13)20-10-9-18-8-4-7-17-18/h4-8,11,16H,3,9-10,12H2,1-2H3. The van der Waals surface area contributed by atoms with Crippen molar-refractivity contribution in [2.75, 3.05) is 20.3 Å². The van der Waals surface area contributed by atoms with Gasteiger partial charge in [0.25, 0.3) is 0 Å². The van der Waals surface area contributed by atoms with Crippen LogP contribution in [0.5, 0.6) is 11.5 Å². The first kappa shape index (κ1) is 14.4.